The molecule has 1 N–H and O–H groups in total. The van der Waals surface area contributed by atoms with E-state index in [9.17, 15) is 18.0 Å². The van der Waals surface area contributed by atoms with E-state index in [1.807, 2.05) is 11.8 Å². The highest BCUT2D eigenvalue weighted by Gasteiger charge is 2.52. The second-order valence-corrected chi connectivity index (χ2v) is 10.8. The van der Waals surface area contributed by atoms with Crippen LogP contribution in [-0.2, 0) is 14.8 Å². The van der Waals surface area contributed by atoms with Gasteiger partial charge in [-0.1, -0.05) is 24.6 Å². The molecule has 1 aromatic rings. The number of nitrogens with one attached hydrogen (secondary N) is 1. The zero-order chi connectivity index (χ0) is 21.5. The van der Waals surface area contributed by atoms with Crippen molar-refractivity contribution in [2.75, 3.05) is 32.8 Å². The van der Waals surface area contributed by atoms with Crippen molar-refractivity contribution < 1.29 is 18.0 Å². The number of rotatable bonds is 4. The van der Waals surface area contributed by atoms with Gasteiger partial charge in [0, 0.05) is 26.2 Å². The van der Waals surface area contributed by atoms with E-state index >= 15 is 0 Å². The van der Waals surface area contributed by atoms with Gasteiger partial charge in [-0.25, -0.2) is 18.1 Å². The van der Waals surface area contributed by atoms with Crippen LogP contribution in [0.25, 0.3) is 0 Å². The van der Waals surface area contributed by atoms with Gasteiger partial charge in [0.25, 0.3) is 5.91 Å². The average molecular weight is 435 g/mol. The molecular weight excluding hydrogens is 404 g/mol. The highest BCUT2D eigenvalue weighted by atomic mass is 32.2. The second-order valence-electron chi connectivity index (χ2n) is 8.90. The Kier molecular flexibility index (Phi) is 5.63. The molecule has 0 radical (unpaired) electrons. The van der Waals surface area contributed by atoms with Crippen molar-refractivity contribution in [3.05, 3.63) is 29.8 Å². The number of sulfonamides is 1. The zero-order valence-corrected chi connectivity index (χ0v) is 18.5. The summed E-state index contributed by atoms with van der Waals surface area (Å²) in [7, 11) is -3.53. The third kappa shape index (κ3) is 3.86. The lowest BCUT2D eigenvalue weighted by atomic mass is 9.77. The van der Waals surface area contributed by atoms with Crippen LogP contribution in [0.15, 0.2) is 29.2 Å². The van der Waals surface area contributed by atoms with Gasteiger partial charge < -0.3 is 5.32 Å². The number of aryl methyl sites for hydroxylation is 1. The van der Waals surface area contributed by atoms with Crippen LogP contribution in [0.4, 0.5) is 4.79 Å². The molecule has 2 saturated heterocycles. The Bertz CT molecular complexity index is 915. The summed E-state index contributed by atoms with van der Waals surface area (Å²) in [5.41, 5.74) is 0.276. The maximum atomic E-state index is 13.0. The maximum Gasteiger partial charge on any atom is 0.326 e. The highest BCUT2D eigenvalue weighted by Crippen LogP contribution is 2.36. The monoisotopic (exact) mass is 434 g/mol. The van der Waals surface area contributed by atoms with E-state index in [1.54, 1.807) is 24.3 Å². The summed E-state index contributed by atoms with van der Waals surface area (Å²) in [5, 5.41) is 2.94. The van der Waals surface area contributed by atoms with Crippen molar-refractivity contribution >= 4 is 22.0 Å². The number of nitrogens with zero attached hydrogens (tertiary/aromatic N) is 3. The third-order valence-electron chi connectivity index (χ3n) is 6.71. The number of amides is 3. The minimum atomic E-state index is -3.53. The molecule has 0 aromatic heterocycles. The third-order valence-corrected chi connectivity index (χ3v) is 8.62. The summed E-state index contributed by atoms with van der Waals surface area (Å²) < 4.78 is 27.2. The first kappa shape index (κ1) is 21.3. The van der Waals surface area contributed by atoms with Crippen molar-refractivity contribution in [1.29, 1.82) is 0 Å². The Labute approximate surface area is 178 Å². The Morgan fingerprint density at radius 2 is 1.63 bits per heavy atom. The number of hydrogen-bond donors (Lipinski definition) is 1. The van der Waals surface area contributed by atoms with E-state index in [1.165, 1.54) is 9.21 Å². The fraction of sp³-hybridized carbons (Fsp3) is 0.619. The molecule has 9 heteroatoms. The molecule has 30 heavy (non-hydrogen) atoms. The zero-order valence-electron chi connectivity index (χ0n) is 17.6. The van der Waals surface area contributed by atoms with Crippen molar-refractivity contribution in [3.8, 4) is 0 Å². The van der Waals surface area contributed by atoms with E-state index < -0.39 is 15.6 Å². The Balaban J connectivity index is 1.36. The van der Waals surface area contributed by atoms with Gasteiger partial charge in [-0.3, -0.25) is 9.69 Å². The smallest absolute Gasteiger partial charge is 0.323 e. The number of hydrogen-bond acceptors (Lipinski definition) is 5. The molecule has 3 aliphatic rings. The van der Waals surface area contributed by atoms with Crippen molar-refractivity contribution in [1.82, 2.24) is 19.4 Å². The molecule has 2 heterocycles. The van der Waals surface area contributed by atoms with Gasteiger partial charge in [-0.05, 0) is 50.7 Å². The average Bonchev–Trinajstić information content (AvgIpc) is 2.95. The molecule has 2 aliphatic heterocycles. The first-order valence-electron chi connectivity index (χ1n) is 10.6. The van der Waals surface area contributed by atoms with Crippen LogP contribution in [0.5, 0.6) is 0 Å². The molecular formula is C21H30N4O4S. The van der Waals surface area contributed by atoms with Crippen LogP contribution >= 0.6 is 0 Å². The number of imide groups is 1. The molecule has 164 valence electrons. The van der Waals surface area contributed by atoms with Gasteiger partial charge in [0.15, 0.2) is 0 Å². The van der Waals surface area contributed by atoms with Gasteiger partial charge in [0.2, 0.25) is 10.0 Å². The lowest BCUT2D eigenvalue weighted by molar-refractivity contribution is -0.134. The first-order chi connectivity index (χ1) is 14.2. The standard InChI is InChI=1S/C21H30N4O4S/c1-16-3-5-18(6-4-16)30(28,29)24-13-11-23(12-14-24)15-25-19(26)21(22-20(25)27)9-7-17(2)8-10-21/h3-6,17H,7-15H2,1-2H3,(H,22,27). The summed E-state index contributed by atoms with van der Waals surface area (Å²) >= 11 is 0. The second kappa shape index (κ2) is 7.94. The predicted molar refractivity (Wildman–Crippen MR) is 112 cm³/mol. The van der Waals surface area contributed by atoms with Crippen LogP contribution in [0, 0.1) is 12.8 Å². The topological polar surface area (TPSA) is 90.0 Å². The summed E-state index contributed by atoms with van der Waals surface area (Å²) in [6, 6.07) is 6.53. The van der Waals surface area contributed by atoms with Gasteiger partial charge in [0.05, 0.1) is 11.6 Å². The molecule has 8 nitrogen and oxygen atoms in total. The molecule has 1 aliphatic carbocycles. The largest absolute Gasteiger partial charge is 0.326 e. The Morgan fingerprint density at radius 1 is 1.03 bits per heavy atom. The number of carbonyl (C=O) groups excluding carboxylic acids is 2. The summed E-state index contributed by atoms with van der Waals surface area (Å²) in [4.78, 5) is 29.1. The highest BCUT2D eigenvalue weighted by molar-refractivity contribution is 7.89. The van der Waals surface area contributed by atoms with Crippen LogP contribution < -0.4 is 5.32 Å². The van der Waals surface area contributed by atoms with Crippen molar-refractivity contribution in [3.63, 3.8) is 0 Å². The molecule has 3 amide bonds. The molecule has 1 spiro atoms. The molecule has 1 saturated carbocycles. The molecule has 0 atom stereocenters. The van der Waals surface area contributed by atoms with E-state index in [0.717, 1.165) is 18.4 Å². The predicted octanol–water partition coefficient (Wildman–Crippen LogP) is 1.76. The van der Waals surface area contributed by atoms with Crippen molar-refractivity contribution in [2.24, 2.45) is 5.92 Å². The maximum absolute atomic E-state index is 13.0. The fourth-order valence-electron chi connectivity index (χ4n) is 4.57. The number of urea groups is 1. The Morgan fingerprint density at radius 3 is 2.23 bits per heavy atom. The van der Waals surface area contributed by atoms with E-state index in [-0.39, 0.29) is 18.6 Å². The van der Waals surface area contributed by atoms with Gasteiger partial charge in [0.1, 0.15) is 5.54 Å². The van der Waals surface area contributed by atoms with Gasteiger partial charge in [-0.2, -0.15) is 4.31 Å². The summed E-state index contributed by atoms with van der Waals surface area (Å²) in [5.74, 6) is 0.451. The van der Waals surface area contributed by atoms with Gasteiger partial charge in [-0.15, -0.1) is 0 Å². The number of carbonyl (C=O) groups is 2. The lowest BCUT2D eigenvalue weighted by Crippen LogP contribution is -2.53. The van der Waals surface area contributed by atoms with Crippen LogP contribution in [-0.4, -0.2) is 72.8 Å². The van der Waals surface area contributed by atoms with Crippen LogP contribution in [0.1, 0.15) is 38.2 Å². The summed E-state index contributed by atoms with van der Waals surface area (Å²) in [6.07, 6.45) is 3.26. The van der Waals surface area contributed by atoms with Crippen LogP contribution in [0.3, 0.4) is 0 Å². The van der Waals surface area contributed by atoms with E-state index in [4.69, 9.17) is 0 Å². The first-order valence-corrected chi connectivity index (χ1v) is 12.1. The van der Waals surface area contributed by atoms with Crippen molar-refractivity contribution in [2.45, 2.75) is 50.0 Å². The molecule has 4 rings (SSSR count). The SMILES string of the molecule is Cc1ccc(S(=O)(=O)N2CCN(CN3C(=O)NC4(CCC(C)CC4)C3=O)CC2)cc1. The minimum absolute atomic E-state index is 0.130. The quantitative estimate of drug-likeness (QED) is 0.730. The van der Waals surface area contributed by atoms with Crippen LogP contribution in [0.2, 0.25) is 0 Å². The Hall–Kier alpha value is -1.97. The molecule has 0 unspecified atom stereocenters. The minimum Gasteiger partial charge on any atom is -0.323 e. The number of piperazine rings is 1. The number of benzene rings is 1. The molecule has 1 aromatic carbocycles. The fourth-order valence-corrected chi connectivity index (χ4v) is 5.99. The normalized spacial score (nSPS) is 28.9. The van der Waals surface area contributed by atoms with Gasteiger partial charge >= 0.3 is 6.03 Å². The van der Waals surface area contributed by atoms with E-state index in [0.29, 0.717) is 49.8 Å². The summed E-state index contributed by atoms with van der Waals surface area (Å²) in [6.45, 7) is 5.93. The van der Waals surface area contributed by atoms with E-state index in [2.05, 4.69) is 12.2 Å². The lowest BCUT2D eigenvalue weighted by Gasteiger charge is -2.36. The molecule has 0 bridgehead atoms. The molecule has 3 fully saturated rings.